The monoisotopic (exact) mass is 295 g/mol. The number of hydrogen-bond acceptors (Lipinski definition) is 5. The van der Waals surface area contributed by atoms with Crippen LogP contribution in [0.15, 0.2) is 12.1 Å². The normalized spacial score (nSPS) is 21.3. The van der Waals surface area contributed by atoms with Gasteiger partial charge in [0.2, 0.25) is 0 Å². The Balaban J connectivity index is 2.04. The van der Waals surface area contributed by atoms with Crippen LogP contribution in [0.3, 0.4) is 0 Å². The van der Waals surface area contributed by atoms with Crippen LogP contribution in [-0.4, -0.2) is 39.1 Å². The molecule has 5 nitrogen and oxygen atoms in total. The van der Waals surface area contributed by atoms with E-state index in [0.717, 1.165) is 42.9 Å². The summed E-state index contributed by atoms with van der Waals surface area (Å²) < 4.78 is 16.1. The lowest BCUT2D eigenvalue weighted by Gasteiger charge is -2.18. The second-order valence-corrected chi connectivity index (χ2v) is 5.40. The zero-order valence-electron chi connectivity index (χ0n) is 13.0. The standard InChI is InChI=1S/C16H25NO4/c1-19-12-7-15(20-2)13(16(8-12)21-3)10-17-9-11-5-4-6-14(11)18/h7-8,11,14,17-18H,4-6,9-10H2,1-3H3. The molecule has 5 heteroatoms. The van der Waals surface area contributed by atoms with Crippen LogP contribution in [0.5, 0.6) is 17.2 Å². The zero-order chi connectivity index (χ0) is 15.2. The zero-order valence-corrected chi connectivity index (χ0v) is 13.0. The highest BCUT2D eigenvalue weighted by molar-refractivity contribution is 5.50. The first-order chi connectivity index (χ1) is 10.2. The maximum atomic E-state index is 9.85. The van der Waals surface area contributed by atoms with Gasteiger partial charge < -0.3 is 24.6 Å². The fraction of sp³-hybridized carbons (Fsp3) is 0.625. The van der Waals surface area contributed by atoms with E-state index >= 15 is 0 Å². The van der Waals surface area contributed by atoms with E-state index in [-0.39, 0.29) is 6.10 Å². The summed E-state index contributed by atoms with van der Waals surface area (Å²) in [6.45, 7) is 1.44. The first-order valence-corrected chi connectivity index (χ1v) is 7.37. The second-order valence-electron chi connectivity index (χ2n) is 5.40. The number of rotatable bonds is 7. The molecule has 0 aromatic heterocycles. The minimum absolute atomic E-state index is 0.169. The number of aliphatic hydroxyl groups excluding tert-OH is 1. The number of ether oxygens (including phenoxy) is 3. The third-order valence-electron chi connectivity index (χ3n) is 4.14. The van der Waals surface area contributed by atoms with E-state index in [0.29, 0.717) is 18.2 Å². The van der Waals surface area contributed by atoms with Crippen LogP contribution in [-0.2, 0) is 6.54 Å². The predicted molar refractivity (Wildman–Crippen MR) is 81.2 cm³/mol. The molecule has 0 bridgehead atoms. The minimum atomic E-state index is -0.169. The molecule has 0 saturated heterocycles. The fourth-order valence-corrected chi connectivity index (χ4v) is 2.89. The molecule has 1 fully saturated rings. The van der Waals surface area contributed by atoms with Crippen molar-refractivity contribution in [3.05, 3.63) is 17.7 Å². The quantitative estimate of drug-likeness (QED) is 0.805. The van der Waals surface area contributed by atoms with Crippen LogP contribution in [0.25, 0.3) is 0 Å². The van der Waals surface area contributed by atoms with Gasteiger partial charge in [-0.3, -0.25) is 0 Å². The van der Waals surface area contributed by atoms with Crippen LogP contribution < -0.4 is 19.5 Å². The third-order valence-corrected chi connectivity index (χ3v) is 4.14. The van der Waals surface area contributed by atoms with Crippen molar-refractivity contribution in [1.82, 2.24) is 5.32 Å². The van der Waals surface area contributed by atoms with Crippen molar-refractivity contribution in [1.29, 1.82) is 0 Å². The summed E-state index contributed by atoms with van der Waals surface area (Å²) in [6, 6.07) is 3.70. The maximum absolute atomic E-state index is 9.85. The molecule has 21 heavy (non-hydrogen) atoms. The van der Waals surface area contributed by atoms with Crippen LogP contribution in [0.1, 0.15) is 24.8 Å². The van der Waals surface area contributed by atoms with Crippen molar-refractivity contribution in [2.24, 2.45) is 5.92 Å². The largest absolute Gasteiger partial charge is 0.496 e. The van der Waals surface area contributed by atoms with Gasteiger partial charge in [-0.1, -0.05) is 6.42 Å². The number of hydrogen-bond donors (Lipinski definition) is 2. The molecule has 2 unspecified atom stereocenters. The first-order valence-electron chi connectivity index (χ1n) is 7.37. The Hall–Kier alpha value is -1.46. The van der Waals surface area contributed by atoms with Crippen LogP contribution in [0.4, 0.5) is 0 Å². The van der Waals surface area contributed by atoms with Crippen molar-refractivity contribution in [2.75, 3.05) is 27.9 Å². The molecule has 0 spiro atoms. The van der Waals surface area contributed by atoms with Crippen LogP contribution in [0, 0.1) is 5.92 Å². The summed E-state index contributed by atoms with van der Waals surface area (Å²) in [7, 11) is 4.89. The van der Waals surface area contributed by atoms with Gasteiger partial charge in [-0.05, 0) is 18.8 Å². The Morgan fingerprint density at radius 2 is 1.76 bits per heavy atom. The first kappa shape index (κ1) is 15.9. The Kier molecular flexibility index (Phi) is 5.70. The SMILES string of the molecule is COc1cc(OC)c(CNCC2CCCC2O)c(OC)c1. The highest BCUT2D eigenvalue weighted by Crippen LogP contribution is 2.34. The molecule has 0 heterocycles. The van der Waals surface area contributed by atoms with E-state index < -0.39 is 0 Å². The van der Waals surface area contributed by atoms with Crippen molar-refractivity contribution in [2.45, 2.75) is 31.9 Å². The summed E-state index contributed by atoms with van der Waals surface area (Å²) >= 11 is 0. The van der Waals surface area contributed by atoms with Gasteiger partial charge in [-0.15, -0.1) is 0 Å². The smallest absolute Gasteiger partial charge is 0.130 e. The highest BCUT2D eigenvalue weighted by atomic mass is 16.5. The second kappa shape index (κ2) is 7.52. The van der Waals surface area contributed by atoms with E-state index in [1.165, 1.54) is 0 Å². The summed E-state index contributed by atoms with van der Waals surface area (Å²) in [5.41, 5.74) is 0.966. The van der Waals surface area contributed by atoms with E-state index in [4.69, 9.17) is 14.2 Å². The molecule has 2 atom stereocenters. The molecule has 1 aliphatic rings. The van der Waals surface area contributed by atoms with Crippen molar-refractivity contribution < 1.29 is 19.3 Å². The summed E-state index contributed by atoms with van der Waals surface area (Å²) in [5.74, 6) is 2.54. The molecule has 2 rings (SSSR count). The molecule has 118 valence electrons. The molecular formula is C16H25NO4. The number of aliphatic hydroxyl groups is 1. The van der Waals surface area contributed by atoms with E-state index in [1.807, 2.05) is 12.1 Å². The van der Waals surface area contributed by atoms with Crippen molar-refractivity contribution in [3.63, 3.8) is 0 Å². The average molecular weight is 295 g/mol. The molecular weight excluding hydrogens is 270 g/mol. The van der Waals surface area contributed by atoms with Crippen LogP contribution >= 0.6 is 0 Å². The summed E-state index contributed by atoms with van der Waals surface area (Å²) in [6.07, 6.45) is 2.95. The Bertz CT molecular complexity index is 439. The van der Waals surface area contributed by atoms with Crippen LogP contribution in [0.2, 0.25) is 0 Å². The van der Waals surface area contributed by atoms with Gasteiger partial charge >= 0.3 is 0 Å². The maximum Gasteiger partial charge on any atom is 0.130 e. The molecule has 1 aromatic carbocycles. The topological polar surface area (TPSA) is 60.0 Å². The third kappa shape index (κ3) is 3.80. The predicted octanol–water partition coefficient (Wildman–Crippen LogP) is 1.96. The van der Waals surface area contributed by atoms with Gasteiger partial charge in [0.25, 0.3) is 0 Å². The van der Waals surface area contributed by atoms with E-state index in [9.17, 15) is 5.11 Å². The minimum Gasteiger partial charge on any atom is -0.496 e. The van der Waals surface area contributed by atoms with Crippen molar-refractivity contribution >= 4 is 0 Å². The molecule has 1 aromatic rings. The number of methoxy groups -OCH3 is 3. The van der Waals surface area contributed by atoms with E-state index in [2.05, 4.69) is 5.32 Å². The Morgan fingerprint density at radius 3 is 2.24 bits per heavy atom. The molecule has 0 radical (unpaired) electrons. The highest BCUT2D eigenvalue weighted by Gasteiger charge is 2.24. The average Bonchev–Trinajstić information content (AvgIpc) is 2.92. The lowest BCUT2D eigenvalue weighted by Crippen LogP contribution is -2.27. The van der Waals surface area contributed by atoms with Crippen molar-refractivity contribution in [3.8, 4) is 17.2 Å². The number of nitrogens with one attached hydrogen (secondary N) is 1. The summed E-state index contributed by atoms with van der Waals surface area (Å²) in [5, 5.41) is 13.3. The molecule has 0 amide bonds. The van der Waals surface area contributed by atoms with Gasteiger partial charge in [0.15, 0.2) is 0 Å². The Labute approximate surface area is 126 Å². The summed E-state index contributed by atoms with van der Waals surface area (Å²) in [4.78, 5) is 0. The lowest BCUT2D eigenvalue weighted by atomic mass is 10.1. The van der Waals surface area contributed by atoms with Gasteiger partial charge in [-0.25, -0.2) is 0 Å². The molecule has 1 aliphatic carbocycles. The molecule has 0 aliphatic heterocycles. The lowest BCUT2D eigenvalue weighted by molar-refractivity contribution is 0.131. The van der Waals surface area contributed by atoms with Gasteiger partial charge in [-0.2, -0.15) is 0 Å². The molecule has 1 saturated carbocycles. The number of benzene rings is 1. The fourth-order valence-electron chi connectivity index (χ4n) is 2.89. The van der Waals surface area contributed by atoms with Gasteiger partial charge in [0.05, 0.1) is 33.0 Å². The van der Waals surface area contributed by atoms with E-state index in [1.54, 1.807) is 21.3 Å². The van der Waals surface area contributed by atoms with Gasteiger partial charge in [0, 0.05) is 25.2 Å². The van der Waals surface area contributed by atoms with Gasteiger partial charge in [0.1, 0.15) is 17.2 Å². The Morgan fingerprint density at radius 1 is 1.10 bits per heavy atom. The molecule has 2 N–H and O–H groups in total.